The van der Waals surface area contributed by atoms with E-state index in [4.69, 9.17) is 5.11 Å². The topological polar surface area (TPSA) is 57.5 Å². The van der Waals surface area contributed by atoms with Crippen LogP contribution in [0, 0.1) is 5.92 Å². The van der Waals surface area contributed by atoms with Gasteiger partial charge in [-0.05, 0) is 25.7 Å². The van der Waals surface area contributed by atoms with Crippen molar-refractivity contribution in [2.24, 2.45) is 5.92 Å². The van der Waals surface area contributed by atoms with Gasteiger partial charge in [0.2, 0.25) is 0 Å². The highest BCUT2D eigenvalue weighted by Gasteiger charge is 2.61. The van der Waals surface area contributed by atoms with Gasteiger partial charge in [0.25, 0.3) is 0 Å². The number of rotatable bonds is 2. The van der Waals surface area contributed by atoms with Gasteiger partial charge in [-0.2, -0.15) is 22.0 Å². The van der Waals surface area contributed by atoms with Gasteiger partial charge in [-0.3, -0.25) is 0 Å². The van der Waals surface area contributed by atoms with Crippen LogP contribution in [0.5, 0.6) is 0 Å². The summed E-state index contributed by atoms with van der Waals surface area (Å²) >= 11 is 0. The Morgan fingerprint density at radius 1 is 1.12 bits per heavy atom. The molecule has 0 atom stereocenters. The molecule has 0 unspecified atom stereocenters. The van der Waals surface area contributed by atoms with E-state index in [9.17, 15) is 31.9 Å². The van der Waals surface area contributed by atoms with Crippen molar-refractivity contribution >= 4 is 5.97 Å². The number of carboxylic acids is 1. The molecule has 1 rings (SSSR count). The maximum atomic E-state index is 13.1. The van der Waals surface area contributed by atoms with Gasteiger partial charge in [0.15, 0.2) is 0 Å². The molecule has 0 aromatic rings. The molecule has 8 heteroatoms. The van der Waals surface area contributed by atoms with Crippen LogP contribution in [0.15, 0.2) is 0 Å². The van der Waals surface area contributed by atoms with Crippen LogP contribution in [0.4, 0.5) is 22.0 Å². The van der Waals surface area contributed by atoms with E-state index in [1.165, 1.54) is 0 Å². The molecule has 3 nitrogen and oxygen atoms in total. The van der Waals surface area contributed by atoms with Gasteiger partial charge in [0.1, 0.15) is 5.60 Å². The van der Waals surface area contributed by atoms with Crippen molar-refractivity contribution in [3.05, 3.63) is 0 Å². The molecule has 0 spiro atoms. The molecule has 0 heterocycles. The summed E-state index contributed by atoms with van der Waals surface area (Å²) in [5.41, 5.74) is -2.89. The highest BCUT2D eigenvalue weighted by atomic mass is 19.4. The largest absolute Gasteiger partial charge is 0.477 e. The predicted molar refractivity (Wildman–Crippen MR) is 45.5 cm³/mol. The van der Waals surface area contributed by atoms with Crippen molar-refractivity contribution in [3.8, 4) is 0 Å². The number of aliphatic hydroxyl groups is 1. The lowest BCUT2D eigenvalue weighted by atomic mass is 9.75. The first-order valence-corrected chi connectivity index (χ1v) is 4.91. The lowest BCUT2D eigenvalue weighted by Gasteiger charge is -2.39. The summed E-state index contributed by atoms with van der Waals surface area (Å²) in [5, 5.41) is 17.7. The van der Waals surface area contributed by atoms with E-state index in [0.29, 0.717) is 0 Å². The summed E-state index contributed by atoms with van der Waals surface area (Å²) in [4.78, 5) is 10.3. The number of carboxylic acid groups (broad SMARTS) is 1. The molecule has 2 N–H and O–H groups in total. The van der Waals surface area contributed by atoms with E-state index in [1.54, 1.807) is 0 Å². The lowest BCUT2D eigenvalue weighted by Crippen LogP contribution is -2.55. The molecule has 0 radical (unpaired) electrons. The Balaban J connectivity index is 2.77. The second-order valence-electron chi connectivity index (χ2n) is 4.23. The predicted octanol–water partition coefficient (Wildman–Crippen LogP) is 2.19. The van der Waals surface area contributed by atoms with Gasteiger partial charge in [0, 0.05) is 0 Å². The minimum absolute atomic E-state index is 0.692. The van der Waals surface area contributed by atoms with Gasteiger partial charge in [-0.1, -0.05) is 0 Å². The molecule has 1 saturated carbocycles. The second-order valence-corrected chi connectivity index (χ2v) is 4.23. The zero-order valence-corrected chi connectivity index (χ0v) is 8.60. The van der Waals surface area contributed by atoms with Gasteiger partial charge in [0.05, 0.1) is 5.92 Å². The number of carbonyl (C=O) groups is 1. The van der Waals surface area contributed by atoms with Crippen LogP contribution in [-0.4, -0.2) is 33.9 Å². The number of hydrogen-bond donors (Lipinski definition) is 2. The fraction of sp³-hybridized carbons (Fsp3) is 0.889. The Labute approximate surface area is 93.2 Å². The maximum Gasteiger partial charge on any atom is 0.391 e. The molecular formula is C9H11F5O3. The summed E-state index contributed by atoms with van der Waals surface area (Å²) in [6.45, 7) is 0. The van der Waals surface area contributed by atoms with Gasteiger partial charge in [-0.15, -0.1) is 0 Å². The lowest BCUT2D eigenvalue weighted by molar-refractivity contribution is -0.235. The van der Waals surface area contributed by atoms with Gasteiger partial charge < -0.3 is 10.2 Å². The first-order chi connectivity index (χ1) is 7.51. The number of aliphatic carboxylic acids is 1. The molecule has 17 heavy (non-hydrogen) atoms. The first-order valence-electron chi connectivity index (χ1n) is 4.91. The van der Waals surface area contributed by atoms with Crippen LogP contribution in [0.1, 0.15) is 25.7 Å². The zero-order chi connectivity index (χ0) is 13.5. The number of halogens is 5. The van der Waals surface area contributed by atoms with E-state index >= 15 is 0 Å². The first kappa shape index (κ1) is 14.1. The molecule has 0 bridgehead atoms. The Bertz CT molecular complexity index is 304. The van der Waals surface area contributed by atoms with Crippen molar-refractivity contribution in [2.75, 3.05) is 0 Å². The Hall–Kier alpha value is -0.920. The molecule has 1 fully saturated rings. The third-order valence-corrected chi connectivity index (χ3v) is 3.13. The highest BCUT2D eigenvalue weighted by Crippen LogP contribution is 2.46. The summed E-state index contributed by atoms with van der Waals surface area (Å²) in [5.74, 6) is -8.71. The van der Waals surface area contributed by atoms with E-state index < -0.39 is 55.3 Å². The van der Waals surface area contributed by atoms with Crippen molar-refractivity contribution in [1.82, 2.24) is 0 Å². The fourth-order valence-corrected chi connectivity index (χ4v) is 1.94. The van der Waals surface area contributed by atoms with Gasteiger partial charge in [-0.25, -0.2) is 4.79 Å². The monoisotopic (exact) mass is 262 g/mol. The van der Waals surface area contributed by atoms with Crippen LogP contribution in [0.25, 0.3) is 0 Å². The smallest absolute Gasteiger partial charge is 0.391 e. The summed E-state index contributed by atoms with van der Waals surface area (Å²) in [6, 6.07) is 0. The Kier molecular flexibility index (Phi) is 3.39. The van der Waals surface area contributed by atoms with Crippen LogP contribution >= 0.6 is 0 Å². The van der Waals surface area contributed by atoms with Crippen LogP contribution < -0.4 is 0 Å². The summed E-state index contributed by atoms with van der Waals surface area (Å²) < 4.78 is 63.0. The number of alkyl halides is 5. The minimum atomic E-state index is -4.50. The molecule has 100 valence electrons. The van der Waals surface area contributed by atoms with Crippen LogP contribution in [-0.2, 0) is 4.79 Å². The average molecular weight is 262 g/mol. The molecule has 0 aromatic carbocycles. The molecule has 0 saturated heterocycles. The third-order valence-electron chi connectivity index (χ3n) is 3.13. The Morgan fingerprint density at radius 3 is 1.82 bits per heavy atom. The summed E-state index contributed by atoms with van der Waals surface area (Å²) in [6.07, 6.45) is -7.64. The minimum Gasteiger partial charge on any atom is -0.477 e. The van der Waals surface area contributed by atoms with Crippen molar-refractivity contribution in [2.45, 2.75) is 43.4 Å². The zero-order valence-electron chi connectivity index (χ0n) is 8.60. The highest BCUT2D eigenvalue weighted by molar-refractivity contribution is 5.77. The summed E-state index contributed by atoms with van der Waals surface area (Å²) in [7, 11) is 0. The van der Waals surface area contributed by atoms with Gasteiger partial charge >= 0.3 is 18.1 Å². The number of hydrogen-bond acceptors (Lipinski definition) is 2. The quantitative estimate of drug-likeness (QED) is 0.750. The standard InChI is InChI=1S/C9H11F5O3/c10-8(11,6(15)16)7(17)3-1-5(2-4-7)9(12,13)14/h5,17H,1-4H2,(H,15,16). The molecule has 1 aliphatic rings. The molecule has 0 aliphatic heterocycles. The van der Waals surface area contributed by atoms with Crippen LogP contribution in [0.2, 0.25) is 0 Å². The van der Waals surface area contributed by atoms with E-state index in [0.717, 1.165) is 0 Å². The van der Waals surface area contributed by atoms with Crippen molar-refractivity contribution in [1.29, 1.82) is 0 Å². The van der Waals surface area contributed by atoms with Crippen molar-refractivity contribution < 1.29 is 37.0 Å². The normalized spacial score (nSPS) is 31.3. The van der Waals surface area contributed by atoms with Crippen molar-refractivity contribution in [3.63, 3.8) is 0 Å². The third kappa shape index (κ3) is 2.51. The Morgan fingerprint density at radius 2 is 1.53 bits per heavy atom. The van der Waals surface area contributed by atoms with E-state index in [-0.39, 0.29) is 0 Å². The van der Waals surface area contributed by atoms with E-state index in [1.807, 2.05) is 0 Å². The second kappa shape index (κ2) is 4.08. The molecule has 0 amide bonds. The van der Waals surface area contributed by atoms with E-state index in [2.05, 4.69) is 0 Å². The fourth-order valence-electron chi connectivity index (χ4n) is 1.94. The molecular weight excluding hydrogens is 251 g/mol. The molecule has 1 aliphatic carbocycles. The SMILES string of the molecule is O=C(O)C(F)(F)C1(O)CCC(C(F)(F)F)CC1. The molecule has 0 aromatic heterocycles. The van der Waals surface area contributed by atoms with Crippen LogP contribution in [0.3, 0.4) is 0 Å². The maximum absolute atomic E-state index is 13.1. The average Bonchev–Trinajstić information content (AvgIpc) is 2.16.